The van der Waals surface area contributed by atoms with Crippen LogP contribution in [0.25, 0.3) is 0 Å². The third-order valence-electron chi connectivity index (χ3n) is 5.43. The van der Waals surface area contributed by atoms with E-state index in [4.69, 9.17) is 5.11 Å². The molecule has 0 unspecified atom stereocenters. The minimum absolute atomic E-state index is 0.0672. The highest BCUT2D eigenvalue weighted by molar-refractivity contribution is 6.04. The van der Waals surface area contributed by atoms with Crippen molar-refractivity contribution in [1.82, 2.24) is 14.4 Å². The maximum atomic E-state index is 14.4. The number of nitrogens with zero attached hydrogens (tertiary/aromatic N) is 3. The van der Waals surface area contributed by atoms with Crippen molar-refractivity contribution in [1.29, 1.82) is 0 Å². The normalized spacial score (nSPS) is 14.2. The summed E-state index contributed by atoms with van der Waals surface area (Å²) in [6.07, 6.45) is 0. The Morgan fingerprint density at radius 3 is 2.59 bits per heavy atom. The van der Waals surface area contributed by atoms with Crippen LogP contribution in [-0.2, 0) is 7.05 Å². The van der Waals surface area contributed by atoms with E-state index in [1.807, 2.05) is 11.9 Å². The average Bonchev–Trinajstić information content (AvgIpc) is 2.93. The van der Waals surface area contributed by atoms with Crippen molar-refractivity contribution < 1.29 is 19.1 Å². The molecule has 0 saturated carbocycles. The van der Waals surface area contributed by atoms with Crippen LogP contribution in [0.5, 0.6) is 0 Å². The van der Waals surface area contributed by atoms with Gasteiger partial charge in [0.1, 0.15) is 11.6 Å². The highest BCUT2D eigenvalue weighted by Crippen LogP contribution is 2.29. The molecule has 0 radical (unpaired) electrons. The summed E-state index contributed by atoms with van der Waals surface area (Å²) in [6, 6.07) is 6.55. The predicted molar refractivity (Wildman–Crippen MR) is 109 cm³/mol. The second kappa shape index (κ2) is 8.34. The van der Waals surface area contributed by atoms with Gasteiger partial charge in [0, 0.05) is 39.6 Å². The van der Waals surface area contributed by atoms with Crippen LogP contribution in [0, 0.1) is 12.7 Å². The Kier molecular flexibility index (Phi) is 6.04. The molecule has 1 aromatic heterocycles. The van der Waals surface area contributed by atoms with E-state index in [-0.39, 0.29) is 30.0 Å². The summed E-state index contributed by atoms with van der Waals surface area (Å²) >= 11 is 0. The lowest BCUT2D eigenvalue weighted by molar-refractivity contribution is 0.0303. The van der Waals surface area contributed by atoms with Gasteiger partial charge >= 0.3 is 0 Å². The lowest BCUT2D eigenvalue weighted by atomic mass is 10.1. The summed E-state index contributed by atoms with van der Waals surface area (Å²) in [5.41, 5.74) is 1.74. The summed E-state index contributed by atoms with van der Waals surface area (Å²) in [4.78, 5) is 28.8. The number of amides is 1. The van der Waals surface area contributed by atoms with Gasteiger partial charge < -0.3 is 19.9 Å². The number of nitrogens with one attached hydrogen (secondary N) is 1. The van der Waals surface area contributed by atoms with Gasteiger partial charge in [-0.05, 0) is 37.7 Å². The maximum Gasteiger partial charge on any atom is 0.257 e. The van der Waals surface area contributed by atoms with E-state index in [0.29, 0.717) is 36.7 Å². The first-order chi connectivity index (χ1) is 13.7. The number of rotatable bonds is 7. The first-order valence-electron chi connectivity index (χ1n) is 9.57. The van der Waals surface area contributed by atoms with Gasteiger partial charge in [0.15, 0.2) is 5.78 Å². The zero-order chi connectivity index (χ0) is 21.3. The molecule has 7 nitrogen and oxygen atoms in total. The number of aliphatic hydroxyl groups is 1. The highest BCUT2D eigenvalue weighted by Gasteiger charge is 2.35. The van der Waals surface area contributed by atoms with Crippen molar-refractivity contribution in [2.24, 2.45) is 7.05 Å². The molecular weight excluding hydrogens is 375 g/mol. The Labute approximate surface area is 169 Å². The zero-order valence-electron chi connectivity index (χ0n) is 17.2. The number of ketones is 1. The Hall–Kier alpha value is -2.71. The number of Topliss-reactive ketones (excluding diaryl/α,β-unsaturated/α-hetero) is 1. The number of carbonyl (C=O) groups is 2. The lowest BCUT2D eigenvalue weighted by Gasteiger charge is -2.43. The summed E-state index contributed by atoms with van der Waals surface area (Å²) in [5, 5.41) is 12.1. The van der Waals surface area contributed by atoms with Crippen LogP contribution >= 0.6 is 0 Å². The van der Waals surface area contributed by atoms with Gasteiger partial charge in [-0.15, -0.1) is 0 Å². The number of hydrogen-bond donors (Lipinski definition) is 2. The van der Waals surface area contributed by atoms with Gasteiger partial charge in [-0.25, -0.2) is 4.39 Å². The summed E-state index contributed by atoms with van der Waals surface area (Å²) in [7, 11) is 3.59. The molecular formula is C21H27FN4O3. The second-order valence-electron chi connectivity index (χ2n) is 7.58. The Balaban J connectivity index is 1.87. The van der Waals surface area contributed by atoms with E-state index in [2.05, 4.69) is 5.32 Å². The Morgan fingerprint density at radius 2 is 2.00 bits per heavy atom. The van der Waals surface area contributed by atoms with Gasteiger partial charge in [-0.1, -0.05) is 6.07 Å². The topological polar surface area (TPSA) is 77.8 Å². The van der Waals surface area contributed by atoms with E-state index in [1.54, 1.807) is 41.6 Å². The van der Waals surface area contributed by atoms with Crippen LogP contribution in [0.2, 0.25) is 0 Å². The fourth-order valence-electron chi connectivity index (χ4n) is 3.51. The number of carbonyl (C=O) groups excluding carboxylic acids is 2. The smallest absolute Gasteiger partial charge is 0.257 e. The van der Waals surface area contributed by atoms with Crippen LogP contribution in [0.15, 0.2) is 24.3 Å². The molecule has 156 valence electrons. The number of aliphatic hydroxyl groups excluding tert-OH is 1. The van der Waals surface area contributed by atoms with Crippen molar-refractivity contribution in [3.63, 3.8) is 0 Å². The van der Waals surface area contributed by atoms with Crippen LogP contribution < -0.4 is 5.32 Å². The monoisotopic (exact) mass is 402 g/mol. The molecule has 29 heavy (non-hydrogen) atoms. The molecule has 0 aliphatic carbocycles. The summed E-state index contributed by atoms with van der Waals surface area (Å²) < 4.78 is 15.9. The molecule has 8 heteroatoms. The van der Waals surface area contributed by atoms with Gasteiger partial charge in [-0.2, -0.15) is 0 Å². The molecule has 1 aliphatic rings. The third-order valence-corrected chi connectivity index (χ3v) is 5.43. The predicted octanol–water partition coefficient (Wildman–Crippen LogP) is 2.17. The number of likely N-dealkylation sites (tertiary alicyclic amines) is 1. The van der Waals surface area contributed by atoms with Crippen LogP contribution in [0.4, 0.5) is 15.9 Å². The number of hydrogen-bond acceptors (Lipinski definition) is 5. The van der Waals surface area contributed by atoms with Gasteiger partial charge in [-0.3, -0.25) is 14.5 Å². The first kappa shape index (κ1) is 21.0. The molecule has 1 amide bonds. The SMILES string of the molecule is CC(=O)c1cc(C(=O)N2CC(N(C)CCO)C2)c(Nc2ccc(C)cc2F)n1C. The van der Waals surface area contributed by atoms with Crippen molar-refractivity contribution in [3.8, 4) is 0 Å². The molecule has 1 aliphatic heterocycles. The highest BCUT2D eigenvalue weighted by atomic mass is 19.1. The van der Waals surface area contributed by atoms with Gasteiger partial charge in [0.25, 0.3) is 5.91 Å². The van der Waals surface area contributed by atoms with Crippen molar-refractivity contribution >= 4 is 23.2 Å². The molecule has 3 rings (SSSR count). The molecule has 2 heterocycles. The molecule has 2 N–H and O–H groups in total. The average molecular weight is 402 g/mol. The number of aromatic nitrogens is 1. The fraction of sp³-hybridized carbons (Fsp3) is 0.429. The standard InChI is InChI=1S/C21H27FN4O3/c1-13-5-6-18(17(22)9-13)23-20-16(10-19(14(2)28)25(20)4)21(29)26-11-15(12-26)24(3)7-8-27/h5-6,9-10,15,23,27H,7-8,11-12H2,1-4H3. The van der Waals surface area contributed by atoms with Gasteiger partial charge in [0.2, 0.25) is 0 Å². The number of anilines is 2. The minimum atomic E-state index is -0.427. The maximum absolute atomic E-state index is 14.4. The second-order valence-corrected chi connectivity index (χ2v) is 7.58. The molecule has 1 saturated heterocycles. The van der Waals surface area contributed by atoms with Crippen LogP contribution in [0.3, 0.4) is 0 Å². The summed E-state index contributed by atoms with van der Waals surface area (Å²) in [5.74, 6) is -0.432. The van der Waals surface area contributed by atoms with Gasteiger partial charge in [0.05, 0.1) is 23.6 Å². The molecule has 0 bridgehead atoms. The molecule has 0 atom stereocenters. The van der Waals surface area contributed by atoms with Crippen LogP contribution in [-0.4, -0.2) is 70.5 Å². The van der Waals surface area contributed by atoms with Crippen molar-refractivity contribution in [3.05, 3.63) is 46.9 Å². The number of halogens is 1. The number of likely N-dealkylation sites (N-methyl/N-ethyl adjacent to an activating group) is 1. The van der Waals surface area contributed by atoms with E-state index in [1.165, 1.54) is 13.0 Å². The number of aryl methyl sites for hydroxylation is 1. The lowest BCUT2D eigenvalue weighted by Crippen LogP contribution is -2.60. The van der Waals surface area contributed by atoms with E-state index >= 15 is 0 Å². The molecule has 0 spiro atoms. The quantitative estimate of drug-likeness (QED) is 0.694. The van der Waals surface area contributed by atoms with E-state index in [9.17, 15) is 14.0 Å². The Bertz CT molecular complexity index is 934. The fourth-order valence-corrected chi connectivity index (χ4v) is 3.51. The Morgan fingerprint density at radius 1 is 1.31 bits per heavy atom. The van der Waals surface area contributed by atoms with E-state index < -0.39 is 5.82 Å². The summed E-state index contributed by atoms with van der Waals surface area (Å²) in [6.45, 7) is 4.93. The number of benzene rings is 1. The van der Waals surface area contributed by atoms with E-state index in [0.717, 1.165) is 5.56 Å². The minimum Gasteiger partial charge on any atom is -0.395 e. The van der Waals surface area contributed by atoms with Crippen molar-refractivity contribution in [2.45, 2.75) is 19.9 Å². The first-order valence-corrected chi connectivity index (χ1v) is 9.57. The largest absolute Gasteiger partial charge is 0.395 e. The molecule has 2 aromatic rings. The molecule has 1 aromatic carbocycles. The zero-order valence-corrected chi connectivity index (χ0v) is 17.2. The van der Waals surface area contributed by atoms with Crippen molar-refractivity contribution in [2.75, 3.05) is 38.6 Å². The third kappa shape index (κ3) is 4.18. The van der Waals surface area contributed by atoms with Crippen LogP contribution in [0.1, 0.15) is 33.3 Å². The molecule has 1 fully saturated rings.